The predicted octanol–water partition coefficient (Wildman–Crippen LogP) is 2.16. The van der Waals surface area contributed by atoms with Gasteiger partial charge in [-0.3, -0.25) is 9.59 Å². The Morgan fingerprint density at radius 2 is 2.04 bits per heavy atom. The van der Waals surface area contributed by atoms with E-state index >= 15 is 0 Å². The molecule has 1 unspecified atom stereocenters. The van der Waals surface area contributed by atoms with Gasteiger partial charge in [0.25, 0.3) is 5.56 Å². The SMILES string of the molecule is CC(C)(C)CC(CO)NC(=O)CCCc1nc2ccccc2c(=O)[nH]1. The highest BCUT2D eigenvalue weighted by Gasteiger charge is 2.19. The van der Waals surface area contributed by atoms with Gasteiger partial charge >= 0.3 is 0 Å². The number of amides is 1. The van der Waals surface area contributed by atoms with Crippen molar-refractivity contribution in [1.82, 2.24) is 15.3 Å². The van der Waals surface area contributed by atoms with Crippen molar-refractivity contribution in [3.8, 4) is 0 Å². The Morgan fingerprint density at radius 3 is 2.72 bits per heavy atom. The predicted molar refractivity (Wildman–Crippen MR) is 98.4 cm³/mol. The largest absolute Gasteiger partial charge is 0.394 e. The third kappa shape index (κ3) is 5.98. The molecule has 136 valence electrons. The average molecular weight is 345 g/mol. The fourth-order valence-corrected chi connectivity index (χ4v) is 2.87. The van der Waals surface area contributed by atoms with E-state index in [9.17, 15) is 14.7 Å². The van der Waals surface area contributed by atoms with Gasteiger partial charge in [0.2, 0.25) is 5.91 Å². The molecule has 1 aromatic heterocycles. The number of rotatable bonds is 7. The number of para-hydroxylation sites is 1. The normalized spacial score (nSPS) is 13.0. The van der Waals surface area contributed by atoms with Gasteiger partial charge in [0.1, 0.15) is 5.82 Å². The first-order valence-corrected chi connectivity index (χ1v) is 8.66. The number of nitrogens with one attached hydrogen (secondary N) is 2. The summed E-state index contributed by atoms with van der Waals surface area (Å²) in [5.41, 5.74) is 0.543. The zero-order valence-corrected chi connectivity index (χ0v) is 15.1. The lowest BCUT2D eigenvalue weighted by Gasteiger charge is -2.25. The molecule has 0 aliphatic rings. The van der Waals surface area contributed by atoms with Crippen molar-refractivity contribution in [1.29, 1.82) is 0 Å². The molecular weight excluding hydrogens is 318 g/mol. The highest BCUT2D eigenvalue weighted by Crippen LogP contribution is 2.20. The maximum absolute atomic E-state index is 12.1. The minimum absolute atomic E-state index is 0.0369. The second-order valence-electron chi connectivity index (χ2n) is 7.60. The second kappa shape index (κ2) is 8.25. The monoisotopic (exact) mass is 345 g/mol. The van der Waals surface area contributed by atoms with Gasteiger partial charge in [0.05, 0.1) is 23.6 Å². The van der Waals surface area contributed by atoms with Crippen LogP contribution in [0.1, 0.15) is 45.9 Å². The molecule has 0 saturated carbocycles. The van der Waals surface area contributed by atoms with E-state index in [0.29, 0.717) is 36.0 Å². The van der Waals surface area contributed by atoms with Gasteiger partial charge in [-0.1, -0.05) is 32.9 Å². The number of carbonyl (C=O) groups excluding carboxylic acids is 1. The molecule has 1 aromatic carbocycles. The Bertz CT molecular complexity index is 777. The first kappa shape index (κ1) is 19.1. The third-order valence-electron chi connectivity index (χ3n) is 3.92. The number of benzene rings is 1. The molecule has 1 atom stereocenters. The molecule has 0 spiro atoms. The lowest BCUT2D eigenvalue weighted by Crippen LogP contribution is -2.39. The molecule has 6 nitrogen and oxygen atoms in total. The molecule has 0 aliphatic heterocycles. The molecule has 1 amide bonds. The lowest BCUT2D eigenvalue weighted by molar-refractivity contribution is -0.122. The van der Waals surface area contributed by atoms with E-state index < -0.39 is 0 Å². The van der Waals surface area contributed by atoms with Crippen LogP contribution in [0.25, 0.3) is 10.9 Å². The summed E-state index contributed by atoms with van der Waals surface area (Å²) in [6.45, 7) is 6.15. The highest BCUT2D eigenvalue weighted by molar-refractivity contribution is 5.77. The van der Waals surface area contributed by atoms with Crippen molar-refractivity contribution in [2.75, 3.05) is 6.61 Å². The van der Waals surface area contributed by atoms with Gasteiger partial charge in [-0.15, -0.1) is 0 Å². The summed E-state index contributed by atoms with van der Waals surface area (Å²) in [4.78, 5) is 31.3. The Kier molecular flexibility index (Phi) is 6.31. The molecule has 2 aromatic rings. The van der Waals surface area contributed by atoms with Crippen LogP contribution in [0.5, 0.6) is 0 Å². The van der Waals surface area contributed by atoms with E-state index in [1.165, 1.54) is 0 Å². The van der Waals surface area contributed by atoms with Gasteiger partial charge in [0.15, 0.2) is 0 Å². The number of aryl methyl sites for hydroxylation is 1. The van der Waals surface area contributed by atoms with E-state index in [4.69, 9.17) is 0 Å². The number of carbonyl (C=O) groups is 1. The first-order valence-electron chi connectivity index (χ1n) is 8.66. The van der Waals surface area contributed by atoms with Crippen LogP contribution in [0.2, 0.25) is 0 Å². The Labute approximate surface area is 147 Å². The molecule has 0 aliphatic carbocycles. The average Bonchev–Trinajstić information content (AvgIpc) is 2.53. The summed E-state index contributed by atoms with van der Waals surface area (Å²) in [6.07, 6.45) is 2.16. The van der Waals surface area contributed by atoms with Gasteiger partial charge in [-0.25, -0.2) is 4.98 Å². The maximum Gasteiger partial charge on any atom is 0.258 e. The van der Waals surface area contributed by atoms with Gasteiger partial charge < -0.3 is 15.4 Å². The summed E-state index contributed by atoms with van der Waals surface area (Å²) < 4.78 is 0. The van der Waals surface area contributed by atoms with E-state index in [1.54, 1.807) is 18.2 Å². The lowest BCUT2D eigenvalue weighted by atomic mass is 9.88. The number of aliphatic hydroxyl groups excluding tert-OH is 1. The van der Waals surface area contributed by atoms with Crippen LogP contribution in [0.4, 0.5) is 0 Å². The van der Waals surface area contributed by atoms with Crippen molar-refractivity contribution < 1.29 is 9.90 Å². The summed E-state index contributed by atoms with van der Waals surface area (Å²) in [6, 6.07) is 6.96. The van der Waals surface area contributed by atoms with E-state index in [0.717, 1.165) is 6.42 Å². The first-order chi connectivity index (χ1) is 11.8. The fourth-order valence-electron chi connectivity index (χ4n) is 2.87. The Hall–Kier alpha value is -2.21. The van der Waals surface area contributed by atoms with Crippen molar-refractivity contribution in [3.05, 3.63) is 40.4 Å². The van der Waals surface area contributed by atoms with E-state index in [-0.39, 0.29) is 29.5 Å². The molecular formula is C19H27N3O3. The number of aromatic nitrogens is 2. The van der Waals surface area contributed by atoms with Crippen molar-refractivity contribution in [2.24, 2.45) is 5.41 Å². The summed E-state index contributed by atoms with van der Waals surface area (Å²) in [5.74, 6) is 0.497. The van der Waals surface area contributed by atoms with Crippen molar-refractivity contribution in [2.45, 2.75) is 52.5 Å². The fraction of sp³-hybridized carbons (Fsp3) is 0.526. The molecule has 0 bridgehead atoms. The number of hydrogen-bond acceptors (Lipinski definition) is 4. The minimum atomic E-state index is -0.230. The molecule has 6 heteroatoms. The van der Waals surface area contributed by atoms with E-state index in [2.05, 4.69) is 36.1 Å². The van der Waals surface area contributed by atoms with Gasteiger partial charge in [-0.05, 0) is 30.4 Å². The number of aromatic amines is 1. The zero-order chi connectivity index (χ0) is 18.4. The van der Waals surface area contributed by atoms with Crippen LogP contribution in [-0.4, -0.2) is 33.6 Å². The zero-order valence-electron chi connectivity index (χ0n) is 15.1. The van der Waals surface area contributed by atoms with Gasteiger partial charge in [-0.2, -0.15) is 0 Å². The van der Waals surface area contributed by atoms with Crippen LogP contribution < -0.4 is 10.9 Å². The number of fused-ring (bicyclic) bond motifs is 1. The van der Waals surface area contributed by atoms with Gasteiger partial charge in [0, 0.05) is 12.8 Å². The smallest absolute Gasteiger partial charge is 0.258 e. The maximum atomic E-state index is 12.1. The molecule has 0 fully saturated rings. The van der Waals surface area contributed by atoms with E-state index in [1.807, 2.05) is 6.07 Å². The van der Waals surface area contributed by atoms with Crippen LogP contribution in [0.15, 0.2) is 29.1 Å². The summed E-state index contributed by atoms with van der Waals surface area (Å²) >= 11 is 0. The molecule has 3 N–H and O–H groups in total. The molecule has 2 rings (SSSR count). The molecule has 1 heterocycles. The number of H-pyrrole nitrogens is 1. The van der Waals surface area contributed by atoms with Crippen LogP contribution in [0, 0.1) is 5.41 Å². The van der Waals surface area contributed by atoms with Crippen molar-refractivity contribution >= 4 is 16.8 Å². The molecule has 0 saturated heterocycles. The number of aliphatic hydroxyl groups is 1. The molecule has 25 heavy (non-hydrogen) atoms. The Balaban J connectivity index is 1.88. The van der Waals surface area contributed by atoms with Crippen LogP contribution >= 0.6 is 0 Å². The Morgan fingerprint density at radius 1 is 1.32 bits per heavy atom. The quantitative estimate of drug-likeness (QED) is 0.716. The minimum Gasteiger partial charge on any atom is -0.394 e. The second-order valence-corrected chi connectivity index (χ2v) is 7.60. The van der Waals surface area contributed by atoms with Crippen molar-refractivity contribution in [3.63, 3.8) is 0 Å². The number of hydrogen-bond donors (Lipinski definition) is 3. The topological polar surface area (TPSA) is 95.1 Å². The standard InChI is InChI=1S/C19H27N3O3/c1-19(2,3)11-13(12-23)20-17(24)10-6-9-16-21-15-8-5-4-7-14(15)18(25)22-16/h4-5,7-8,13,23H,6,9-12H2,1-3H3,(H,20,24)(H,21,22,25). The van der Waals surface area contributed by atoms with Crippen LogP contribution in [0.3, 0.4) is 0 Å². The number of nitrogens with zero attached hydrogens (tertiary/aromatic N) is 1. The highest BCUT2D eigenvalue weighted by atomic mass is 16.3. The van der Waals surface area contributed by atoms with Crippen LogP contribution in [-0.2, 0) is 11.2 Å². The molecule has 0 radical (unpaired) electrons. The third-order valence-corrected chi connectivity index (χ3v) is 3.92. The summed E-state index contributed by atoms with van der Waals surface area (Å²) in [7, 11) is 0. The summed E-state index contributed by atoms with van der Waals surface area (Å²) in [5, 5.41) is 12.8.